The number of piperazine rings is 1. The van der Waals surface area contributed by atoms with Gasteiger partial charge in [-0.05, 0) is 48.2 Å². The van der Waals surface area contributed by atoms with E-state index in [-0.39, 0.29) is 24.8 Å². The third kappa shape index (κ3) is 6.71. The van der Waals surface area contributed by atoms with Gasteiger partial charge in [0.15, 0.2) is 6.61 Å². The number of amides is 1. The van der Waals surface area contributed by atoms with Crippen LogP contribution in [0.2, 0.25) is 0 Å². The van der Waals surface area contributed by atoms with Gasteiger partial charge in [0.2, 0.25) is 10.0 Å². The predicted molar refractivity (Wildman–Crippen MR) is 128 cm³/mol. The molecule has 0 spiro atoms. The molecule has 0 saturated carbocycles. The summed E-state index contributed by atoms with van der Waals surface area (Å²) in [6, 6.07) is 15.8. The molecule has 0 unspecified atom stereocenters. The number of sulfonamides is 1. The van der Waals surface area contributed by atoms with E-state index >= 15 is 0 Å². The minimum absolute atomic E-state index is 0.0644. The molecule has 1 aliphatic heterocycles. The van der Waals surface area contributed by atoms with Gasteiger partial charge in [-0.2, -0.15) is 4.31 Å². The van der Waals surface area contributed by atoms with Gasteiger partial charge in [-0.3, -0.25) is 4.79 Å². The van der Waals surface area contributed by atoms with E-state index in [1.54, 1.807) is 0 Å². The highest BCUT2D eigenvalue weighted by atomic mass is 32.2. The van der Waals surface area contributed by atoms with E-state index in [0.29, 0.717) is 37.8 Å². The fourth-order valence-corrected chi connectivity index (χ4v) is 4.98. The average Bonchev–Trinajstić information content (AvgIpc) is 2.78. The second-order valence-corrected chi connectivity index (χ2v) is 10.5. The molecule has 2 aromatic carbocycles. The summed E-state index contributed by atoms with van der Waals surface area (Å²) in [5.74, 6) is 0.590. The Balaban J connectivity index is 1.39. The van der Waals surface area contributed by atoms with E-state index in [2.05, 4.69) is 30.1 Å². The molecule has 8 heteroatoms. The molecule has 1 N–H and O–H groups in total. The van der Waals surface area contributed by atoms with Crippen LogP contribution in [-0.2, 0) is 14.8 Å². The van der Waals surface area contributed by atoms with Gasteiger partial charge in [-0.25, -0.2) is 8.42 Å². The SMILES string of the molecule is Cc1cccc(N2CCN(S(=O)(=O)CCNC(=O)COc3ccc(C(C)C)cc3)CC2)c1. The van der Waals surface area contributed by atoms with Crippen molar-refractivity contribution in [3.8, 4) is 5.75 Å². The molecule has 1 fully saturated rings. The zero-order chi connectivity index (χ0) is 23.1. The number of nitrogens with zero attached hydrogens (tertiary/aromatic N) is 2. The van der Waals surface area contributed by atoms with Crippen molar-refractivity contribution in [1.82, 2.24) is 9.62 Å². The zero-order valence-electron chi connectivity index (χ0n) is 19.1. The lowest BCUT2D eigenvalue weighted by atomic mass is 10.0. The summed E-state index contributed by atoms with van der Waals surface area (Å²) in [6.07, 6.45) is 0. The van der Waals surface area contributed by atoms with Crippen molar-refractivity contribution in [1.29, 1.82) is 0 Å². The number of benzene rings is 2. The van der Waals surface area contributed by atoms with Crippen molar-refractivity contribution in [2.75, 3.05) is 50.0 Å². The summed E-state index contributed by atoms with van der Waals surface area (Å²) >= 11 is 0. The smallest absolute Gasteiger partial charge is 0.257 e. The molecule has 1 aliphatic rings. The Morgan fingerprint density at radius 3 is 2.38 bits per heavy atom. The number of hydrogen-bond acceptors (Lipinski definition) is 5. The average molecular weight is 460 g/mol. The van der Waals surface area contributed by atoms with Gasteiger partial charge in [-0.15, -0.1) is 0 Å². The van der Waals surface area contributed by atoms with Gasteiger partial charge in [0.1, 0.15) is 5.75 Å². The molecule has 174 valence electrons. The van der Waals surface area contributed by atoms with Crippen molar-refractivity contribution < 1.29 is 17.9 Å². The number of nitrogens with one attached hydrogen (secondary N) is 1. The van der Waals surface area contributed by atoms with Crippen LogP contribution in [0.4, 0.5) is 5.69 Å². The fourth-order valence-electron chi connectivity index (χ4n) is 3.65. The molecule has 0 radical (unpaired) electrons. The van der Waals surface area contributed by atoms with Crippen LogP contribution in [0.25, 0.3) is 0 Å². The molecule has 1 amide bonds. The first kappa shape index (κ1) is 24.1. The number of hydrogen-bond donors (Lipinski definition) is 1. The van der Waals surface area contributed by atoms with E-state index in [0.717, 1.165) is 5.69 Å². The van der Waals surface area contributed by atoms with Crippen LogP contribution in [0.3, 0.4) is 0 Å². The number of aryl methyl sites for hydroxylation is 1. The Morgan fingerprint density at radius 1 is 1.06 bits per heavy atom. The Hall–Kier alpha value is -2.58. The minimum atomic E-state index is -3.42. The molecule has 3 rings (SSSR count). The molecule has 1 saturated heterocycles. The minimum Gasteiger partial charge on any atom is -0.484 e. The van der Waals surface area contributed by atoms with Crippen molar-refractivity contribution >= 4 is 21.6 Å². The highest BCUT2D eigenvalue weighted by Gasteiger charge is 2.26. The molecular weight excluding hydrogens is 426 g/mol. The third-order valence-corrected chi connectivity index (χ3v) is 7.47. The zero-order valence-corrected chi connectivity index (χ0v) is 19.9. The first-order valence-electron chi connectivity index (χ1n) is 11.0. The largest absolute Gasteiger partial charge is 0.484 e. The second kappa shape index (κ2) is 10.8. The number of anilines is 1. The van der Waals surface area contributed by atoms with Crippen molar-refractivity contribution in [3.05, 3.63) is 59.7 Å². The summed E-state index contributed by atoms with van der Waals surface area (Å²) in [7, 11) is -3.42. The van der Waals surface area contributed by atoms with E-state index in [4.69, 9.17) is 4.74 Å². The van der Waals surface area contributed by atoms with E-state index in [1.165, 1.54) is 15.4 Å². The van der Waals surface area contributed by atoms with Crippen LogP contribution in [0.5, 0.6) is 5.75 Å². The van der Waals surface area contributed by atoms with E-state index < -0.39 is 10.0 Å². The lowest BCUT2D eigenvalue weighted by Gasteiger charge is -2.35. The van der Waals surface area contributed by atoms with Crippen LogP contribution in [0.15, 0.2) is 48.5 Å². The van der Waals surface area contributed by atoms with Gasteiger partial charge in [-0.1, -0.05) is 38.1 Å². The molecule has 0 aromatic heterocycles. The summed E-state index contributed by atoms with van der Waals surface area (Å²) < 4.78 is 32.3. The molecule has 1 heterocycles. The highest BCUT2D eigenvalue weighted by molar-refractivity contribution is 7.89. The predicted octanol–water partition coefficient (Wildman–Crippen LogP) is 2.77. The van der Waals surface area contributed by atoms with Crippen LogP contribution in [-0.4, -0.2) is 63.7 Å². The van der Waals surface area contributed by atoms with Crippen LogP contribution >= 0.6 is 0 Å². The quantitative estimate of drug-likeness (QED) is 0.624. The summed E-state index contributed by atoms with van der Waals surface area (Å²) in [6.45, 7) is 8.39. The fraction of sp³-hybridized carbons (Fsp3) is 0.458. The Morgan fingerprint density at radius 2 is 1.75 bits per heavy atom. The lowest BCUT2D eigenvalue weighted by Crippen LogP contribution is -2.50. The summed E-state index contributed by atoms with van der Waals surface area (Å²) in [5.41, 5.74) is 3.50. The molecule has 32 heavy (non-hydrogen) atoms. The molecule has 2 aromatic rings. The Bertz CT molecular complexity index is 998. The van der Waals surface area contributed by atoms with Gasteiger partial charge >= 0.3 is 0 Å². The van der Waals surface area contributed by atoms with Gasteiger partial charge in [0, 0.05) is 38.4 Å². The Labute approximate surface area is 191 Å². The Kier molecular flexibility index (Phi) is 8.15. The highest BCUT2D eigenvalue weighted by Crippen LogP contribution is 2.19. The van der Waals surface area contributed by atoms with Gasteiger partial charge < -0.3 is 15.0 Å². The van der Waals surface area contributed by atoms with Crippen molar-refractivity contribution in [3.63, 3.8) is 0 Å². The lowest BCUT2D eigenvalue weighted by molar-refractivity contribution is -0.122. The second-order valence-electron chi connectivity index (χ2n) is 8.40. The number of carbonyl (C=O) groups is 1. The monoisotopic (exact) mass is 459 g/mol. The molecule has 0 bridgehead atoms. The maximum absolute atomic E-state index is 12.7. The van der Waals surface area contributed by atoms with Crippen LogP contribution < -0.4 is 15.0 Å². The summed E-state index contributed by atoms with van der Waals surface area (Å²) in [4.78, 5) is 14.2. The van der Waals surface area contributed by atoms with Gasteiger partial charge in [0.25, 0.3) is 5.91 Å². The van der Waals surface area contributed by atoms with Crippen LogP contribution in [0.1, 0.15) is 30.9 Å². The molecule has 0 aliphatic carbocycles. The van der Waals surface area contributed by atoms with Crippen LogP contribution in [0, 0.1) is 6.92 Å². The van der Waals surface area contributed by atoms with Gasteiger partial charge in [0.05, 0.1) is 5.75 Å². The maximum Gasteiger partial charge on any atom is 0.257 e. The normalized spacial score (nSPS) is 15.1. The standard InChI is InChI=1S/C24H33N3O4S/c1-19(2)21-7-9-23(10-8-21)31-18-24(28)25-11-16-32(29,30)27-14-12-26(13-15-27)22-6-4-5-20(3)17-22/h4-10,17,19H,11-16,18H2,1-3H3,(H,25,28). The number of ether oxygens (including phenoxy) is 1. The third-order valence-electron chi connectivity index (χ3n) is 5.60. The molecule has 7 nitrogen and oxygen atoms in total. The van der Waals surface area contributed by atoms with E-state index in [9.17, 15) is 13.2 Å². The van der Waals surface area contributed by atoms with Crippen molar-refractivity contribution in [2.45, 2.75) is 26.7 Å². The first-order valence-corrected chi connectivity index (χ1v) is 12.6. The van der Waals surface area contributed by atoms with E-state index in [1.807, 2.05) is 49.4 Å². The van der Waals surface area contributed by atoms with Crippen molar-refractivity contribution in [2.24, 2.45) is 0 Å². The number of rotatable bonds is 9. The molecular formula is C24H33N3O4S. The summed E-state index contributed by atoms with van der Waals surface area (Å²) in [5, 5.41) is 2.64. The number of carbonyl (C=O) groups excluding carboxylic acids is 1. The topological polar surface area (TPSA) is 79.0 Å². The maximum atomic E-state index is 12.7. The molecule has 0 atom stereocenters. The first-order chi connectivity index (χ1) is 15.2.